The minimum absolute atomic E-state index is 0.0475. The third-order valence-electron chi connectivity index (χ3n) is 4.35. The Balaban J connectivity index is 1.52. The van der Waals surface area contributed by atoms with Crippen molar-refractivity contribution in [2.24, 2.45) is 0 Å². The summed E-state index contributed by atoms with van der Waals surface area (Å²) in [6.07, 6.45) is -3.45. The van der Waals surface area contributed by atoms with Crippen LogP contribution in [-0.2, 0) is 11.3 Å². The molecule has 3 rings (SSSR count). The van der Waals surface area contributed by atoms with E-state index < -0.39 is 18.7 Å². The molecule has 1 aromatic carbocycles. The molecule has 29 heavy (non-hydrogen) atoms. The van der Waals surface area contributed by atoms with E-state index in [2.05, 4.69) is 32.1 Å². The number of alkyl halides is 3. The van der Waals surface area contributed by atoms with Crippen molar-refractivity contribution < 1.29 is 27.4 Å². The Labute approximate surface area is 166 Å². The molecule has 6 nitrogen and oxygen atoms in total. The van der Waals surface area contributed by atoms with Gasteiger partial charge in [-0.1, -0.05) is 30.3 Å². The van der Waals surface area contributed by atoms with Crippen LogP contribution in [0.25, 0.3) is 0 Å². The molecule has 1 atom stereocenters. The van der Waals surface area contributed by atoms with Gasteiger partial charge in [0.15, 0.2) is 6.61 Å². The van der Waals surface area contributed by atoms with Gasteiger partial charge in [-0.3, -0.25) is 9.69 Å². The summed E-state index contributed by atoms with van der Waals surface area (Å²) in [6.45, 7) is 1.48. The quantitative estimate of drug-likeness (QED) is 0.762. The van der Waals surface area contributed by atoms with Crippen molar-refractivity contribution >= 4 is 5.91 Å². The topological polar surface area (TPSA) is 63.7 Å². The first-order valence-electron chi connectivity index (χ1n) is 9.21. The first-order chi connectivity index (χ1) is 13.9. The van der Waals surface area contributed by atoms with E-state index in [-0.39, 0.29) is 24.1 Å². The number of carbonyl (C=O) groups excluding carboxylic acids is 1. The highest BCUT2D eigenvalue weighted by Gasteiger charge is 2.30. The van der Waals surface area contributed by atoms with Gasteiger partial charge in [0.2, 0.25) is 5.88 Å². The summed E-state index contributed by atoms with van der Waals surface area (Å²) in [4.78, 5) is 18.4. The third-order valence-corrected chi connectivity index (χ3v) is 4.35. The number of carbonyl (C=O) groups is 1. The smallest absolute Gasteiger partial charge is 0.422 e. The Morgan fingerprint density at radius 3 is 2.79 bits per heavy atom. The monoisotopic (exact) mass is 409 g/mol. The van der Waals surface area contributed by atoms with E-state index in [1.54, 1.807) is 0 Å². The van der Waals surface area contributed by atoms with E-state index in [0.717, 1.165) is 13.1 Å². The molecule has 0 spiro atoms. The summed E-state index contributed by atoms with van der Waals surface area (Å²) in [5, 5.41) is 2.70. The summed E-state index contributed by atoms with van der Waals surface area (Å²) < 4.78 is 47.5. The average Bonchev–Trinajstić information content (AvgIpc) is 2.71. The molecule has 2 aromatic rings. The van der Waals surface area contributed by atoms with Crippen LogP contribution in [0.4, 0.5) is 13.2 Å². The fourth-order valence-electron chi connectivity index (χ4n) is 3.02. The third kappa shape index (κ3) is 6.72. The number of amides is 1. The largest absolute Gasteiger partial charge is 0.467 e. The van der Waals surface area contributed by atoms with Crippen LogP contribution in [0, 0.1) is 0 Å². The molecule has 1 fully saturated rings. The van der Waals surface area contributed by atoms with E-state index in [9.17, 15) is 18.0 Å². The van der Waals surface area contributed by atoms with Crippen LogP contribution in [0.15, 0.2) is 48.7 Å². The summed E-state index contributed by atoms with van der Waals surface area (Å²) in [6, 6.07) is 12.9. The second-order valence-corrected chi connectivity index (χ2v) is 6.68. The molecular formula is C20H22F3N3O3. The summed E-state index contributed by atoms with van der Waals surface area (Å²) >= 11 is 0. The molecule has 0 radical (unpaired) electrons. The van der Waals surface area contributed by atoms with E-state index >= 15 is 0 Å². The minimum atomic E-state index is -4.51. The molecule has 2 heterocycles. The molecule has 0 aliphatic carbocycles. The first-order valence-corrected chi connectivity index (χ1v) is 9.21. The highest BCUT2D eigenvalue weighted by molar-refractivity contribution is 5.96. The summed E-state index contributed by atoms with van der Waals surface area (Å²) in [5.41, 5.74) is 1.15. The van der Waals surface area contributed by atoms with Gasteiger partial charge in [0.25, 0.3) is 5.91 Å². The lowest BCUT2D eigenvalue weighted by atomic mass is 10.2. The van der Waals surface area contributed by atoms with Gasteiger partial charge in [0, 0.05) is 32.4 Å². The lowest BCUT2D eigenvalue weighted by Crippen LogP contribution is -2.47. The first kappa shape index (κ1) is 21.1. The van der Waals surface area contributed by atoms with Crippen LogP contribution < -0.4 is 10.1 Å². The van der Waals surface area contributed by atoms with Crippen molar-refractivity contribution in [1.82, 2.24) is 15.2 Å². The summed E-state index contributed by atoms with van der Waals surface area (Å²) in [7, 11) is 0. The summed E-state index contributed by atoms with van der Waals surface area (Å²) in [5.74, 6) is -0.906. The number of pyridine rings is 1. The van der Waals surface area contributed by atoms with Crippen molar-refractivity contribution in [2.75, 3.05) is 32.8 Å². The molecule has 9 heteroatoms. The zero-order valence-electron chi connectivity index (χ0n) is 15.7. The standard InChI is InChI=1S/C20H22F3N3O3/c21-20(22,23)14-29-19-17(7-4-8-24-19)18(27)25-11-16-13-26(9-10-28-16)12-15-5-2-1-3-6-15/h1-8,16H,9-14H2,(H,25,27)/t16-/m1/s1. The second-order valence-electron chi connectivity index (χ2n) is 6.68. The van der Waals surface area contributed by atoms with Crippen LogP contribution in [0.5, 0.6) is 5.88 Å². The molecule has 0 saturated carbocycles. The predicted molar refractivity (Wildman–Crippen MR) is 99.6 cm³/mol. The number of ether oxygens (including phenoxy) is 2. The van der Waals surface area contributed by atoms with E-state index in [1.165, 1.54) is 23.9 Å². The molecule has 156 valence electrons. The van der Waals surface area contributed by atoms with Crippen molar-refractivity contribution in [3.63, 3.8) is 0 Å². The second kappa shape index (κ2) is 9.71. The van der Waals surface area contributed by atoms with Crippen molar-refractivity contribution in [2.45, 2.75) is 18.8 Å². The van der Waals surface area contributed by atoms with E-state index in [4.69, 9.17) is 4.74 Å². The molecule has 1 aliphatic heterocycles. The maximum absolute atomic E-state index is 12.4. The molecule has 1 aliphatic rings. The SMILES string of the molecule is O=C(NC[C@@H]1CN(Cc2ccccc2)CCO1)c1cccnc1OCC(F)(F)F. The number of morpholine rings is 1. The van der Waals surface area contributed by atoms with Crippen molar-refractivity contribution in [3.8, 4) is 5.88 Å². The minimum Gasteiger partial charge on any atom is -0.467 e. The number of halogens is 3. The number of nitrogens with zero attached hydrogens (tertiary/aromatic N) is 2. The van der Waals surface area contributed by atoms with Gasteiger partial charge in [0.05, 0.1) is 12.7 Å². The predicted octanol–water partition coefficient (Wildman–Crippen LogP) is 2.65. The number of hydrogen-bond acceptors (Lipinski definition) is 5. The van der Waals surface area contributed by atoms with Crippen LogP contribution >= 0.6 is 0 Å². The number of benzene rings is 1. The Bertz CT molecular complexity index is 802. The van der Waals surface area contributed by atoms with Crippen LogP contribution in [0.2, 0.25) is 0 Å². The van der Waals surface area contributed by atoms with Gasteiger partial charge in [0.1, 0.15) is 5.56 Å². The van der Waals surface area contributed by atoms with Gasteiger partial charge in [-0.05, 0) is 17.7 Å². The van der Waals surface area contributed by atoms with E-state index in [1.807, 2.05) is 18.2 Å². The zero-order valence-corrected chi connectivity index (χ0v) is 15.7. The maximum Gasteiger partial charge on any atom is 0.422 e. The number of rotatable bonds is 7. The Kier molecular flexibility index (Phi) is 7.05. The molecular weight excluding hydrogens is 387 g/mol. The van der Waals surface area contributed by atoms with Crippen LogP contribution in [-0.4, -0.2) is 60.9 Å². The lowest BCUT2D eigenvalue weighted by Gasteiger charge is -2.33. The fraction of sp³-hybridized carbons (Fsp3) is 0.400. The number of hydrogen-bond donors (Lipinski definition) is 1. The Morgan fingerprint density at radius 2 is 2.03 bits per heavy atom. The molecule has 0 unspecified atom stereocenters. The molecule has 1 amide bonds. The van der Waals surface area contributed by atoms with Gasteiger partial charge < -0.3 is 14.8 Å². The number of aromatic nitrogens is 1. The van der Waals surface area contributed by atoms with Crippen LogP contribution in [0.1, 0.15) is 15.9 Å². The highest BCUT2D eigenvalue weighted by Crippen LogP contribution is 2.20. The molecule has 0 bridgehead atoms. The van der Waals surface area contributed by atoms with Crippen molar-refractivity contribution in [3.05, 3.63) is 59.8 Å². The number of nitrogens with one attached hydrogen (secondary N) is 1. The van der Waals surface area contributed by atoms with Gasteiger partial charge in [-0.15, -0.1) is 0 Å². The highest BCUT2D eigenvalue weighted by atomic mass is 19.4. The molecule has 1 saturated heterocycles. The van der Waals surface area contributed by atoms with E-state index in [0.29, 0.717) is 13.2 Å². The molecule has 1 aromatic heterocycles. The Morgan fingerprint density at radius 1 is 1.24 bits per heavy atom. The van der Waals surface area contributed by atoms with Crippen LogP contribution in [0.3, 0.4) is 0 Å². The van der Waals surface area contributed by atoms with Crippen molar-refractivity contribution in [1.29, 1.82) is 0 Å². The zero-order chi connectivity index (χ0) is 20.7. The lowest BCUT2D eigenvalue weighted by molar-refractivity contribution is -0.154. The Hall–Kier alpha value is -2.65. The fourth-order valence-corrected chi connectivity index (χ4v) is 3.02. The van der Waals surface area contributed by atoms with Gasteiger partial charge >= 0.3 is 6.18 Å². The van der Waals surface area contributed by atoms with Gasteiger partial charge in [-0.2, -0.15) is 13.2 Å². The normalized spacial score (nSPS) is 17.7. The molecule has 1 N–H and O–H groups in total. The average molecular weight is 409 g/mol. The van der Waals surface area contributed by atoms with Gasteiger partial charge in [-0.25, -0.2) is 4.98 Å². The maximum atomic E-state index is 12.4.